The average molecular weight is 424 g/mol. The van der Waals surface area contributed by atoms with E-state index in [1.807, 2.05) is 62.4 Å². The van der Waals surface area contributed by atoms with Crippen LogP contribution in [-0.2, 0) is 4.79 Å². The van der Waals surface area contributed by atoms with Crippen LogP contribution in [0.25, 0.3) is 5.69 Å². The minimum atomic E-state index is -0.527. The summed E-state index contributed by atoms with van der Waals surface area (Å²) in [6.45, 7) is 3.86. The zero-order valence-electron chi connectivity index (χ0n) is 15.0. The van der Waals surface area contributed by atoms with Crippen molar-refractivity contribution in [3.05, 3.63) is 75.4 Å². The molecule has 4 rings (SSSR count). The molecule has 0 spiro atoms. The zero-order valence-corrected chi connectivity index (χ0v) is 16.6. The van der Waals surface area contributed by atoms with Crippen molar-refractivity contribution in [3.63, 3.8) is 0 Å². The fourth-order valence-electron chi connectivity index (χ4n) is 3.46. The standard InChI is InChI=1S/C21H18BrN3O2/c1-12-3-5-14(6-4-12)20(27)17-11-18(26)23-21-19(17)13(2)24-25(21)16-9-7-15(22)8-10-16/h3-10,17H,11H2,1-2H3,(H,23,26)/t17-/m0/s1. The number of nitrogens with one attached hydrogen (secondary N) is 1. The fourth-order valence-corrected chi connectivity index (χ4v) is 3.72. The van der Waals surface area contributed by atoms with E-state index in [0.717, 1.165) is 27.0 Å². The van der Waals surface area contributed by atoms with Gasteiger partial charge in [0.25, 0.3) is 0 Å². The van der Waals surface area contributed by atoms with Crippen molar-refractivity contribution < 1.29 is 9.59 Å². The molecule has 1 amide bonds. The van der Waals surface area contributed by atoms with Gasteiger partial charge in [0.2, 0.25) is 5.91 Å². The number of hydrogen-bond acceptors (Lipinski definition) is 3. The Morgan fingerprint density at radius 3 is 2.44 bits per heavy atom. The molecule has 6 heteroatoms. The number of fused-ring (bicyclic) bond motifs is 1. The molecule has 1 aliphatic rings. The monoisotopic (exact) mass is 423 g/mol. The molecule has 0 unspecified atom stereocenters. The van der Waals surface area contributed by atoms with Crippen LogP contribution in [0.5, 0.6) is 0 Å². The Morgan fingerprint density at radius 1 is 1.11 bits per heavy atom. The Balaban J connectivity index is 1.80. The molecule has 1 aromatic heterocycles. The van der Waals surface area contributed by atoms with Crippen LogP contribution < -0.4 is 5.32 Å². The number of amides is 1. The quantitative estimate of drug-likeness (QED) is 0.627. The van der Waals surface area contributed by atoms with Gasteiger partial charge in [-0.25, -0.2) is 4.68 Å². The number of halogens is 1. The first-order chi connectivity index (χ1) is 12.9. The van der Waals surface area contributed by atoms with Crippen molar-refractivity contribution in [2.75, 3.05) is 5.32 Å². The van der Waals surface area contributed by atoms with Gasteiger partial charge in [0.15, 0.2) is 5.78 Å². The molecule has 0 radical (unpaired) electrons. The molecular weight excluding hydrogens is 406 g/mol. The molecule has 0 bridgehead atoms. The highest BCUT2D eigenvalue weighted by Gasteiger charge is 2.36. The number of aryl methyl sites for hydroxylation is 2. The smallest absolute Gasteiger partial charge is 0.226 e. The van der Waals surface area contributed by atoms with Crippen molar-refractivity contribution in [1.82, 2.24) is 9.78 Å². The lowest BCUT2D eigenvalue weighted by Gasteiger charge is -2.23. The third-order valence-corrected chi connectivity index (χ3v) is 5.35. The molecule has 3 aromatic rings. The van der Waals surface area contributed by atoms with Crippen LogP contribution in [0, 0.1) is 13.8 Å². The van der Waals surface area contributed by atoms with E-state index in [9.17, 15) is 9.59 Å². The second kappa shape index (κ2) is 6.78. The Hall–Kier alpha value is -2.73. The maximum atomic E-state index is 13.1. The highest BCUT2D eigenvalue weighted by molar-refractivity contribution is 9.10. The third kappa shape index (κ3) is 3.21. The highest BCUT2D eigenvalue weighted by Crippen LogP contribution is 2.38. The second-order valence-corrected chi connectivity index (χ2v) is 7.69. The van der Waals surface area contributed by atoms with E-state index in [2.05, 4.69) is 26.3 Å². The fraction of sp³-hybridized carbons (Fsp3) is 0.190. The molecule has 2 aromatic carbocycles. The van der Waals surface area contributed by atoms with Crippen LogP contribution in [0.2, 0.25) is 0 Å². The lowest BCUT2D eigenvalue weighted by Crippen LogP contribution is -2.28. The van der Waals surface area contributed by atoms with Crippen molar-refractivity contribution in [2.45, 2.75) is 26.2 Å². The van der Waals surface area contributed by atoms with Gasteiger partial charge in [0, 0.05) is 22.0 Å². The molecule has 136 valence electrons. The molecule has 0 saturated heterocycles. The number of carbonyl (C=O) groups excluding carboxylic acids is 2. The van der Waals surface area contributed by atoms with Crippen molar-refractivity contribution in [2.24, 2.45) is 0 Å². The van der Waals surface area contributed by atoms with E-state index >= 15 is 0 Å². The molecule has 1 atom stereocenters. The predicted octanol–water partition coefficient (Wildman–Crippen LogP) is 4.56. The minimum Gasteiger partial charge on any atom is -0.310 e. The van der Waals surface area contributed by atoms with E-state index in [-0.39, 0.29) is 18.1 Å². The number of rotatable bonds is 3. The molecule has 5 nitrogen and oxygen atoms in total. The van der Waals surface area contributed by atoms with Gasteiger partial charge in [0.05, 0.1) is 17.3 Å². The second-order valence-electron chi connectivity index (χ2n) is 6.77. The van der Waals surface area contributed by atoms with Gasteiger partial charge in [-0.1, -0.05) is 45.8 Å². The maximum Gasteiger partial charge on any atom is 0.226 e. The first kappa shape index (κ1) is 17.7. The van der Waals surface area contributed by atoms with E-state index in [0.29, 0.717) is 11.4 Å². The van der Waals surface area contributed by atoms with Crippen LogP contribution in [0.3, 0.4) is 0 Å². The number of benzene rings is 2. The van der Waals surface area contributed by atoms with E-state index < -0.39 is 5.92 Å². The Morgan fingerprint density at radius 2 is 1.78 bits per heavy atom. The molecule has 1 N–H and O–H groups in total. The number of hydrogen-bond donors (Lipinski definition) is 1. The summed E-state index contributed by atoms with van der Waals surface area (Å²) in [5.41, 5.74) is 4.07. The normalized spacial score (nSPS) is 16.0. The summed E-state index contributed by atoms with van der Waals surface area (Å²) in [6.07, 6.45) is 0.132. The van der Waals surface area contributed by atoms with Gasteiger partial charge in [0.1, 0.15) is 5.82 Å². The number of nitrogens with zero attached hydrogens (tertiary/aromatic N) is 2. The molecule has 1 aliphatic heterocycles. The van der Waals surface area contributed by atoms with Crippen LogP contribution in [0.4, 0.5) is 5.82 Å². The van der Waals surface area contributed by atoms with Gasteiger partial charge in [-0.05, 0) is 38.1 Å². The number of anilines is 1. The summed E-state index contributed by atoms with van der Waals surface area (Å²) in [7, 11) is 0. The van der Waals surface area contributed by atoms with Gasteiger partial charge in [-0.15, -0.1) is 0 Å². The summed E-state index contributed by atoms with van der Waals surface area (Å²) in [4.78, 5) is 25.5. The van der Waals surface area contributed by atoms with Gasteiger partial charge >= 0.3 is 0 Å². The zero-order chi connectivity index (χ0) is 19.1. The summed E-state index contributed by atoms with van der Waals surface area (Å²) < 4.78 is 2.66. The first-order valence-corrected chi connectivity index (χ1v) is 9.49. The molecule has 0 aliphatic carbocycles. The third-order valence-electron chi connectivity index (χ3n) is 4.83. The van der Waals surface area contributed by atoms with E-state index in [1.54, 1.807) is 4.68 Å². The van der Waals surface area contributed by atoms with Crippen LogP contribution in [-0.4, -0.2) is 21.5 Å². The number of aromatic nitrogens is 2. The molecule has 0 fully saturated rings. The van der Waals surface area contributed by atoms with Crippen LogP contribution >= 0.6 is 15.9 Å². The summed E-state index contributed by atoms with van der Waals surface area (Å²) in [5, 5.41) is 7.51. The van der Waals surface area contributed by atoms with Crippen molar-refractivity contribution >= 4 is 33.4 Å². The van der Waals surface area contributed by atoms with Gasteiger partial charge in [-0.2, -0.15) is 5.10 Å². The number of carbonyl (C=O) groups is 2. The average Bonchev–Trinajstić information content (AvgIpc) is 2.98. The predicted molar refractivity (Wildman–Crippen MR) is 107 cm³/mol. The molecule has 2 heterocycles. The molecule has 0 saturated carbocycles. The maximum absolute atomic E-state index is 13.1. The lowest BCUT2D eigenvalue weighted by molar-refractivity contribution is -0.116. The number of ketones is 1. The minimum absolute atomic E-state index is 0.0513. The number of Topliss-reactive ketones (excluding diaryl/α,β-unsaturated/α-hetero) is 1. The van der Waals surface area contributed by atoms with Crippen LogP contribution in [0.1, 0.15) is 39.5 Å². The molecular formula is C21H18BrN3O2. The van der Waals surface area contributed by atoms with E-state index in [4.69, 9.17) is 0 Å². The Bertz CT molecular complexity index is 1040. The summed E-state index contributed by atoms with van der Waals surface area (Å²) in [5.74, 6) is -0.173. The summed E-state index contributed by atoms with van der Waals surface area (Å²) in [6, 6.07) is 15.1. The summed E-state index contributed by atoms with van der Waals surface area (Å²) >= 11 is 3.42. The highest BCUT2D eigenvalue weighted by atomic mass is 79.9. The van der Waals surface area contributed by atoms with Crippen molar-refractivity contribution in [3.8, 4) is 5.69 Å². The van der Waals surface area contributed by atoms with Crippen LogP contribution in [0.15, 0.2) is 53.0 Å². The SMILES string of the molecule is Cc1ccc(C(=O)[C@H]2CC(=O)Nc3c2c(C)nn3-c2ccc(Br)cc2)cc1. The van der Waals surface area contributed by atoms with E-state index in [1.165, 1.54) is 0 Å². The first-order valence-electron chi connectivity index (χ1n) is 8.70. The topological polar surface area (TPSA) is 64.0 Å². The Kier molecular flexibility index (Phi) is 4.44. The van der Waals surface area contributed by atoms with Gasteiger partial charge < -0.3 is 5.32 Å². The van der Waals surface area contributed by atoms with Crippen molar-refractivity contribution in [1.29, 1.82) is 0 Å². The lowest BCUT2D eigenvalue weighted by atomic mass is 9.85. The largest absolute Gasteiger partial charge is 0.310 e. The molecule has 27 heavy (non-hydrogen) atoms. The van der Waals surface area contributed by atoms with Gasteiger partial charge in [-0.3, -0.25) is 9.59 Å². The Labute approximate surface area is 165 Å².